The largest absolute Gasteiger partial charge is 0.351 e. The number of hydrogen-bond donors (Lipinski definition) is 0. The lowest BCUT2D eigenvalue weighted by Crippen LogP contribution is -2.62. The molecule has 0 spiro atoms. The number of amides is 1. The molecule has 0 radical (unpaired) electrons. The number of fused-ring (bicyclic) bond motifs is 3. The SMILES string of the molecule is Cc1ccc2c(c1)CC1(c3ccccc3)C(=O)N(Cc3ccccc3)CCN21. The molecule has 28 heavy (non-hydrogen) atoms. The second kappa shape index (κ2) is 6.52. The Labute approximate surface area is 166 Å². The lowest BCUT2D eigenvalue weighted by molar-refractivity contribution is -0.140. The van der Waals surface area contributed by atoms with Gasteiger partial charge in [0, 0.05) is 31.7 Å². The molecular weight excluding hydrogens is 344 g/mol. The number of carbonyl (C=O) groups is 1. The van der Waals surface area contributed by atoms with E-state index < -0.39 is 5.54 Å². The number of carbonyl (C=O) groups excluding carboxylic acids is 1. The van der Waals surface area contributed by atoms with Gasteiger partial charge in [-0.25, -0.2) is 0 Å². The van der Waals surface area contributed by atoms with Crippen LogP contribution in [0.5, 0.6) is 0 Å². The van der Waals surface area contributed by atoms with Crippen LogP contribution in [-0.4, -0.2) is 23.9 Å². The highest BCUT2D eigenvalue weighted by molar-refractivity contribution is 5.95. The summed E-state index contributed by atoms with van der Waals surface area (Å²) in [5, 5.41) is 0. The zero-order chi connectivity index (χ0) is 19.1. The fourth-order valence-electron chi connectivity index (χ4n) is 4.83. The first-order valence-electron chi connectivity index (χ1n) is 9.94. The Morgan fingerprint density at radius 1 is 0.893 bits per heavy atom. The van der Waals surface area contributed by atoms with Crippen molar-refractivity contribution in [1.29, 1.82) is 0 Å². The molecule has 3 nitrogen and oxygen atoms in total. The van der Waals surface area contributed by atoms with Crippen molar-refractivity contribution in [2.45, 2.75) is 25.4 Å². The van der Waals surface area contributed by atoms with E-state index >= 15 is 0 Å². The number of hydrogen-bond acceptors (Lipinski definition) is 2. The number of piperazine rings is 1. The van der Waals surface area contributed by atoms with Crippen LogP contribution in [0.1, 0.15) is 22.3 Å². The third kappa shape index (κ3) is 2.54. The Morgan fingerprint density at radius 2 is 1.61 bits per heavy atom. The molecule has 0 bridgehead atoms. The Bertz CT molecular complexity index is 1020. The van der Waals surface area contributed by atoms with E-state index in [-0.39, 0.29) is 5.91 Å². The topological polar surface area (TPSA) is 23.6 Å². The van der Waals surface area contributed by atoms with Crippen LogP contribution in [-0.2, 0) is 23.3 Å². The third-order valence-corrected chi connectivity index (χ3v) is 6.14. The predicted molar refractivity (Wildman–Crippen MR) is 112 cm³/mol. The highest BCUT2D eigenvalue weighted by Gasteiger charge is 2.54. The maximum atomic E-state index is 14.0. The van der Waals surface area contributed by atoms with Crippen molar-refractivity contribution in [3.63, 3.8) is 0 Å². The monoisotopic (exact) mass is 368 g/mol. The molecule has 0 aliphatic carbocycles. The van der Waals surface area contributed by atoms with Gasteiger partial charge in [0.2, 0.25) is 0 Å². The minimum atomic E-state index is -0.635. The van der Waals surface area contributed by atoms with E-state index in [1.54, 1.807) is 0 Å². The predicted octanol–water partition coefficient (Wildman–Crippen LogP) is 4.30. The molecule has 0 aromatic heterocycles. The lowest BCUT2D eigenvalue weighted by atomic mass is 9.83. The van der Waals surface area contributed by atoms with Crippen LogP contribution in [0.3, 0.4) is 0 Å². The number of nitrogens with zero attached hydrogens (tertiary/aromatic N) is 2. The molecule has 1 fully saturated rings. The maximum Gasteiger partial charge on any atom is 0.253 e. The van der Waals surface area contributed by atoms with Crippen molar-refractivity contribution >= 4 is 11.6 Å². The van der Waals surface area contributed by atoms with Crippen LogP contribution in [0, 0.1) is 6.92 Å². The smallest absolute Gasteiger partial charge is 0.253 e. The van der Waals surface area contributed by atoms with Crippen LogP contribution in [0.4, 0.5) is 5.69 Å². The zero-order valence-corrected chi connectivity index (χ0v) is 16.1. The van der Waals surface area contributed by atoms with Gasteiger partial charge in [-0.1, -0.05) is 78.4 Å². The second-order valence-corrected chi connectivity index (χ2v) is 7.90. The summed E-state index contributed by atoms with van der Waals surface area (Å²) in [6.07, 6.45) is 0.734. The molecule has 2 heterocycles. The minimum absolute atomic E-state index is 0.211. The number of benzene rings is 3. The van der Waals surface area contributed by atoms with E-state index in [1.807, 2.05) is 41.3 Å². The molecule has 140 valence electrons. The molecule has 1 saturated heterocycles. The summed E-state index contributed by atoms with van der Waals surface area (Å²) in [5.74, 6) is 0.211. The molecular formula is C25H24N2O. The summed E-state index contributed by atoms with van der Waals surface area (Å²) in [7, 11) is 0. The van der Waals surface area contributed by atoms with E-state index in [9.17, 15) is 4.79 Å². The zero-order valence-electron chi connectivity index (χ0n) is 16.1. The van der Waals surface area contributed by atoms with E-state index in [4.69, 9.17) is 0 Å². The standard InChI is InChI=1S/C25H24N2O/c1-19-12-13-23-21(16-19)17-25(22-10-6-3-7-11-22)24(28)26(14-15-27(23)25)18-20-8-4-2-5-9-20/h2-13,16H,14-15,17-18H2,1H3. The normalized spacial score (nSPS) is 20.8. The average molecular weight is 368 g/mol. The van der Waals surface area contributed by atoms with Gasteiger partial charge in [-0.15, -0.1) is 0 Å². The molecule has 2 aliphatic rings. The van der Waals surface area contributed by atoms with Gasteiger partial charge in [-0.2, -0.15) is 0 Å². The second-order valence-electron chi connectivity index (χ2n) is 7.90. The quantitative estimate of drug-likeness (QED) is 0.688. The Kier molecular flexibility index (Phi) is 3.97. The van der Waals surface area contributed by atoms with Crippen molar-refractivity contribution in [1.82, 2.24) is 4.90 Å². The van der Waals surface area contributed by atoms with E-state index in [0.29, 0.717) is 6.54 Å². The van der Waals surface area contributed by atoms with E-state index in [1.165, 1.54) is 22.4 Å². The third-order valence-electron chi connectivity index (χ3n) is 6.14. The van der Waals surface area contributed by atoms with Gasteiger partial charge in [0.25, 0.3) is 5.91 Å². The molecule has 3 heteroatoms. The van der Waals surface area contributed by atoms with Gasteiger partial charge >= 0.3 is 0 Å². The molecule has 3 aromatic carbocycles. The Hall–Kier alpha value is -3.07. The van der Waals surface area contributed by atoms with Gasteiger partial charge in [-0.3, -0.25) is 4.79 Å². The molecule has 5 rings (SSSR count). The van der Waals surface area contributed by atoms with Gasteiger partial charge in [0.05, 0.1) is 0 Å². The van der Waals surface area contributed by atoms with E-state index in [2.05, 4.69) is 54.3 Å². The average Bonchev–Trinajstić information content (AvgIpc) is 3.07. The van der Waals surface area contributed by atoms with Gasteiger partial charge < -0.3 is 9.80 Å². The fourth-order valence-corrected chi connectivity index (χ4v) is 4.83. The van der Waals surface area contributed by atoms with Crippen molar-refractivity contribution in [2.75, 3.05) is 18.0 Å². The van der Waals surface area contributed by atoms with Crippen LogP contribution < -0.4 is 4.90 Å². The number of aryl methyl sites for hydroxylation is 1. The summed E-state index contributed by atoms with van der Waals surface area (Å²) < 4.78 is 0. The molecule has 0 saturated carbocycles. The highest BCUT2D eigenvalue weighted by atomic mass is 16.2. The maximum absolute atomic E-state index is 14.0. The van der Waals surface area contributed by atoms with Crippen LogP contribution in [0.15, 0.2) is 78.9 Å². The van der Waals surface area contributed by atoms with Crippen LogP contribution in [0.25, 0.3) is 0 Å². The highest BCUT2D eigenvalue weighted by Crippen LogP contribution is 2.48. The molecule has 3 aromatic rings. The Morgan fingerprint density at radius 3 is 2.36 bits per heavy atom. The van der Waals surface area contributed by atoms with Crippen molar-refractivity contribution < 1.29 is 4.79 Å². The number of rotatable bonds is 3. The van der Waals surface area contributed by atoms with Gasteiger partial charge in [-0.05, 0) is 29.7 Å². The van der Waals surface area contributed by atoms with Crippen molar-refractivity contribution in [2.24, 2.45) is 0 Å². The summed E-state index contributed by atoms with van der Waals surface area (Å²) >= 11 is 0. The first-order chi connectivity index (χ1) is 13.7. The number of anilines is 1. The minimum Gasteiger partial charge on any atom is -0.351 e. The molecule has 2 aliphatic heterocycles. The summed E-state index contributed by atoms with van der Waals surface area (Å²) in [6.45, 7) is 4.38. The first-order valence-corrected chi connectivity index (χ1v) is 9.94. The Balaban J connectivity index is 1.59. The van der Waals surface area contributed by atoms with Gasteiger partial charge in [0.15, 0.2) is 0 Å². The van der Waals surface area contributed by atoms with Crippen LogP contribution >= 0.6 is 0 Å². The van der Waals surface area contributed by atoms with Crippen molar-refractivity contribution in [3.05, 3.63) is 101 Å². The molecule has 1 amide bonds. The van der Waals surface area contributed by atoms with Gasteiger partial charge in [0.1, 0.15) is 5.54 Å². The van der Waals surface area contributed by atoms with E-state index in [0.717, 1.165) is 25.1 Å². The molecule has 1 atom stereocenters. The first kappa shape index (κ1) is 17.1. The fraction of sp³-hybridized carbons (Fsp3) is 0.240. The van der Waals surface area contributed by atoms with Crippen LogP contribution in [0.2, 0.25) is 0 Å². The lowest BCUT2D eigenvalue weighted by Gasteiger charge is -2.47. The summed E-state index contributed by atoms with van der Waals surface area (Å²) in [6, 6.07) is 27.2. The molecule has 0 N–H and O–H groups in total. The molecule has 1 unspecified atom stereocenters. The summed E-state index contributed by atoms with van der Waals surface area (Å²) in [5.41, 5.74) is 5.37. The van der Waals surface area contributed by atoms with Crippen molar-refractivity contribution in [3.8, 4) is 0 Å². The summed E-state index contributed by atoms with van der Waals surface area (Å²) in [4.78, 5) is 18.4.